The molecule has 0 spiro atoms. The van der Waals surface area contributed by atoms with Gasteiger partial charge < -0.3 is 9.84 Å². The Morgan fingerprint density at radius 3 is 2.40 bits per heavy atom. The third-order valence-corrected chi connectivity index (χ3v) is 4.39. The Morgan fingerprint density at radius 1 is 1.10 bits per heavy atom. The fraction of sp³-hybridized carbons (Fsp3) is 1.00. The summed E-state index contributed by atoms with van der Waals surface area (Å²) in [6.07, 6.45) is 9.72. The van der Waals surface area contributed by atoms with E-state index in [1.165, 1.54) is 38.5 Å². The molecule has 0 amide bonds. The van der Waals surface area contributed by atoms with Gasteiger partial charge in [-0.25, -0.2) is 0 Å². The van der Waals surface area contributed by atoms with Crippen LogP contribution in [0.1, 0.15) is 72.1 Å². The van der Waals surface area contributed by atoms with E-state index in [-0.39, 0.29) is 12.2 Å². The van der Waals surface area contributed by atoms with Crippen LogP contribution in [0.2, 0.25) is 0 Å². The summed E-state index contributed by atoms with van der Waals surface area (Å²) in [6.45, 7) is 9.32. The predicted molar refractivity (Wildman–Crippen MR) is 85.1 cm³/mol. The first-order valence-electron chi connectivity index (χ1n) is 8.68. The van der Waals surface area contributed by atoms with E-state index < -0.39 is 0 Å². The van der Waals surface area contributed by atoms with Crippen LogP contribution in [0.5, 0.6) is 0 Å². The largest absolute Gasteiger partial charge is 0.390 e. The highest BCUT2D eigenvalue weighted by Crippen LogP contribution is 2.16. The smallest absolute Gasteiger partial charge is 0.0961 e. The zero-order valence-corrected chi connectivity index (χ0v) is 13.8. The van der Waals surface area contributed by atoms with Crippen LogP contribution in [0.15, 0.2) is 0 Å². The average Bonchev–Trinajstić information content (AvgIpc) is 2.46. The summed E-state index contributed by atoms with van der Waals surface area (Å²) in [6, 6.07) is 0.548. The lowest BCUT2D eigenvalue weighted by atomic mass is 10.0. The molecule has 1 N–H and O–H groups in total. The van der Waals surface area contributed by atoms with E-state index in [0.717, 1.165) is 32.5 Å². The first-order valence-corrected chi connectivity index (χ1v) is 8.68. The minimum atomic E-state index is -0.285. The van der Waals surface area contributed by atoms with E-state index in [4.69, 9.17) is 4.74 Å². The molecule has 0 aliphatic carbocycles. The molecule has 0 aromatic heterocycles. The summed E-state index contributed by atoms with van der Waals surface area (Å²) < 4.78 is 5.74. The number of rotatable bonds is 10. The molecule has 3 heteroatoms. The van der Waals surface area contributed by atoms with Crippen molar-refractivity contribution in [2.75, 3.05) is 19.7 Å². The van der Waals surface area contributed by atoms with E-state index in [1.54, 1.807) is 0 Å². The highest BCUT2D eigenvalue weighted by atomic mass is 16.5. The summed E-state index contributed by atoms with van der Waals surface area (Å²) in [5, 5.41) is 10.3. The molecule has 0 aromatic rings. The number of hydrogen-bond acceptors (Lipinski definition) is 3. The Balaban J connectivity index is 2.08. The quantitative estimate of drug-likeness (QED) is 0.623. The van der Waals surface area contributed by atoms with Crippen molar-refractivity contribution in [2.45, 2.75) is 90.4 Å². The summed E-state index contributed by atoms with van der Waals surface area (Å²) >= 11 is 0. The van der Waals surface area contributed by atoms with Crippen molar-refractivity contribution in [1.29, 1.82) is 0 Å². The van der Waals surface area contributed by atoms with Crippen LogP contribution in [-0.4, -0.2) is 48.0 Å². The number of unbranched alkanes of at least 4 members (excludes halogenated alkanes) is 6. The van der Waals surface area contributed by atoms with Gasteiger partial charge in [-0.1, -0.05) is 51.9 Å². The van der Waals surface area contributed by atoms with Crippen LogP contribution in [0, 0.1) is 0 Å². The van der Waals surface area contributed by atoms with Crippen molar-refractivity contribution < 1.29 is 9.84 Å². The molecule has 0 radical (unpaired) electrons. The van der Waals surface area contributed by atoms with Gasteiger partial charge in [0, 0.05) is 19.1 Å². The molecular formula is C17H35NO2. The molecule has 2 unspecified atom stereocenters. The van der Waals surface area contributed by atoms with Gasteiger partial charge in [-0.3, -0.25) is 4.90 Å². The van der Waals surface area contributed by atoms with Crippen molar-refractivity contribution in [3.05, 3.63) is 0 Å². The second-order valence-corrected chi connectivity index (χ2v) is 6.48. The van der Waals surface area contributed by atoms with Crippen LogP contribution >= 0.6 is 0 Å². The van der Waals surface area contributed by atoms with E-state index in [1.807, 2.05) is 0 Å². The molecule has 3 nitrogen and oxygen atoms in total. The van der Waals surface area contributed by atoms with E-state index in [2.05, 4.69) is 25.7 Å². The third kappa shape index (κ3) is 7.05. The van der Waals surface area contributed by atoms with Gasteiger partial charge in [0.15, 0.2) is 0 Å². The SMILES string of the molecule is CCCCCCCCCC(O)C1CN(C(C)C)CCO1. The number of aliphatic hydroxyl groups is 1. The predicted octanol–water partition coefficient (Wildman–Crippen LogP) is 3.60. The van der Waals surface area contributed by atoms with Gasteiger partial charge in [0.25, 0.3) is 0 Å². The Hall–Kier alpha value is -0.120. The maximum Gasteiger partial charge on any atom is 0.0961 e. The van der Waals surface area contributed by atoms with Crippen LogP contribution in [0.25, 0.3) is 0 Å². The fourth-order valence-electron chi connectivity index (χ4n) is 2.89. The summed E-state index contributed by atoms with van der Waals surface area (Å²) in [4.78, 5) is 2.40. The molecule has 1 heterocycles. The molecular weight excluding hydrogens is 250 g/mol. The van der Waals surface area contributed by atoms with Crippen LogP contribution < -0.4 is 0 Å². The number of aliphatic hydroxyl groups excluding tert-OH is 1. The molecule has 1 aliphatic heterocycles. The highest BCUT2D eigenvalue weighted by Gasteiger charge is 2.27. The van der Waals surface area contributed by atoms with Crippen molar-refractivity contribution in [3.8, 4) is 0 Å². The molecule has 1 saturated heterocycles. The van der Waals surface area contributed by atoms with Gasteiger partial charge in [0.1, 0.15) is 0 Å². The van der Waals surface area contributed by atoms with E-state index in [9.17, 15) is 5.11 Å². The van der Waals surface area contributed by atoms with Crippen LogP contribution in [-0.2, 0) is 4.74 Å². The van der Waals surface area contributed by atoms with Gasteiger partial charge in [0.2, 0.25) is 0 Å². The minimum absolute atomic E-state index is 0.0197. The van der Waals surface area contributed by atoms with Gasteiger partial charge in [0.05, 0.1) is 18.8 Å². The molecule has 0 saturated carbocycles. The first kappa shape index (κ1) is 17.9. The standard InChI is InChI=1S/C17H35NO2/c1-4-5-6-7-8-9-10-11-16(19)17-14-18(15(2)3)12-13-20-17/h15-17,19H,4-14H2,1-3H3. The van der Waals surface area contributed by atoms with Gasteiger partial charge in [-0.15, -0.1) is 0 Å². The molecule has 0 aromatic carbocycles. The zero-order valence-electron chi connectivity index (χ0n) is 13.8. The third-order valence-electron chi connectivity index (χ3n) is 4.39. The Morgan fingerprint density at radius 2 is 1.75 bits per heavy atom. The molecule has 1 rings (SSSR count). The first-order chi connectivity index (χ1) is 9.65. The normalized spacial score (nSPS) is 22.4. The Labute approximate surface area is 125 Å². The number of hydrogen-bond donors (Lipinski definition) is 1. The lowest BCUT2D eigenvalue weighted by Crippen LogP contribution is -2.50. The van der Waals surface area contributed by atoms with Crippen LogP contribution in [0.3, 0.4) is 0 Å². The van der Waals surface area contributed by atoms with Gasteiger partial charge in [-0.05, 0) is 20.3 Å². The topological polar surface area (TPSA) is 32.7 Å². The minimum Gasteiger partial charge on any atom is -0.390 e. The maximum absolute atomic E-state index is 10.3. The molecule has 120 valence electrons. The monoisotopic (exact) mass is 285 g/mol. The lowest BCUT2D eigenvalue weighted by molar-refractivity contribution is -0.0968. The molecule has 2 atom stereocenters. The van der Waals surface area contributed by atoms with Crippen molar-refractivity contribution in [1.82, 2.24) is 4.90 Å². The lowest BCUT2D eigenvalue weighted by Gasteiger charge is -2.37. The summed E-state index contributed by atoms with van der Waals surface area (Å²) in [5.74, 6) is 0. The fourth-order valence-corrected chi connectivity index (χ4v) is 2.89. The molecule has 1 fully saturated rings. The van der Waals surface area contributed by atoms with Gasteiger partial charge >= 0.3 is 0 Å². The van der Waals surface area contributed by atoms with Gasteiger partial charge in [-0.2, -0.15) is 0 Å². The molecule has 0 bridgehead atoms. The van der Waals surface area contributed by atoms with E-state index >= 15 is 0 Å². The van der Waals surface area contributed by atoms with E-state index in [0.29, 0.717) is 6.04 Å². The summed E-state index contributed by atoms with van der Waals surface area (Å²) in [7, 11) is 0. The maximum atomic E-state index is 10.3. The highest BCUT2D eigenvalue weighted by molar-refractivity contribution is 4.79. The van der Waals surface area contributed by atoms with Crippen molar-refractivity contribution in [3.63, 3.8) is 0 Å². The Kier molecular flexibility index (Phi) is 9.49. The average molecular weight is 285 g/mol. The van der Waals surface area contributed by atoms with Crippen molar-refractivity contribution >= 4 is 0 Å². The second-order valence-electron chi connectivity index (χ2n) is 6.48. The Bertz CT molecular complexity index is 233. The molecule has 1 aliphatic rings. The summed E-state index contributed by atoms with van der Waals surface area (Å²) in [5.41, 5.74) is 0. The number of morpholine rings is 1. The zero-order chi connectivity index (χ0) is 14.8. The molecule has 20 heavy (non-hydrogen) atoms. The second kappa shape index (κ2) is 10.6. The number of ether oxygens (including phenoxy) is 1. The number of nitrogens with zero attached hydrogens (tertiary/aromatic N) is 1. The van der Waals surface area contributed by atoms with Crippen molar-refractivity contribution in [2.24, 2.45) is 0 Å². The van der Waals surface area contributed by atoms with Crippen LogP contribution in [0.4, 0.5) is 0 Å².